The molecule has 0 aliphatic carbocycles. The van der Waals surface area contributed by atoms with Crippen molar-refractivity contribution >= 4 is 23.2 Å². The number of hydrogen-bond donors (Lipinski definition) is 0. The summed E-state index contributed by atoms with van der Waals surface area (Å²) in [5, 5.41) is -0.231. The zero-order valence-electron chi connectivity index (χ0n) is 11.3. The second kappa shape index (κ2) is 5.74. The highest BCUT2D eigenvalue weighted by Crippen LogP contribution is 2.39. The molecular formula is C16H13Cl2FO2. The van der Waals surface area contributed by atoms with E-state index in [9.17, 15) is 4.39 Å². The van der Waals surface area contributed by atoms with Crippen LogP contribution in [0, 0.1) is 12.7 Å². The molecule has 0 spiro atoms. The van der Waals surface area contributed by atoms with E-state index < -0.39 is 5.38 Å². The number of benzene rings is 2. The largest absolute Gasteiger partial charge is 0.486 e. The van der Waals surface area contributed by atoms with Crippen molar-refractivity contribution in [3.05, 3.63) is 58.4 Å². The van der Waals surface area contributed by atoms with Gasteiger partial charge in [0.05, 0.1) is 0 Å². The van der Waals surface area contributed by atoms with Crippen molar-refractivity contribution < 1.29 is 13.9 Å². The first-order valence-electron chi connectivity index (χ1n) is 6.54. The third kappa shape index (κ3) is 2.81. The van der Waals surface area contributed by atoms with E-state index >= 15 is 0 Å². The normalized spacial score (nSPS) is 18.4. The van der Waals surface area contributed by atoms with Crippen molar-refractivity contribution in [3.8, 4) is 11.5 Å². The van der Waals surface area contributed by atoms with Crippen LogP contribution in [-0.4, -0.2) is 12.7 Å². The maximum atomic E-state index is 13.5. The zero-order valence-corrected chi connectivity index (χ0v) is 12.8. The quantitative estimate of drug-likeness (QED) is 0.730. The molecule has 21 heavy (non-hydrogen) atoms. The molecule has 110 valence electrons. The standard InChI is InChI=1S/C16H13Cl2FO2/c1-9-6-10(11(17)7-12(9)19)16(18)15-8-20-13-4-2-3-5-14(13)21-15/h2-7,15-16H,8H2,1H3. The molecule has 1 heterocycles. The summed E-state index contributed by atoms with van der Waals surface area (Å²) in [6.45, 7) is 1.99. The lowest BCUT2D eigenvalue weighted by atomic mass is 10.0. The first kappa shape index (κ1) is 14.5. The molecule has 1 aliphatic rings. The molecule has 2 nitrogen and oxygen atoms in total. The van der Waals surface area contributed by atoms with Crippen molar-refractivity contribution in [2.75, 3.05) is 6.61 Å². The van der Waals surface area contributed by atoms with Gasteiger partial charge in [-0.1, -0.05) is 29.8 Å². The fourth-order valence-electron chi connectivity index (χ4n) is 2.27. The average Bonchev–Trinajstić information content (AvgIpc) is 2.50. The number of alkyl halides is 1. The lowest BCUT2D eigenvalue weighted by Gasteiger charge is -2.30. The molecule has 0 aromatic heterocycles. The molecule has 2 unspecified atom stereocenters. The van der Waals surface area contributed by atoms with Gasteiger partial charge in [0.25, 0.3) is 0 Å². The maximum absolute atomic E-state index is 13.5. The van der Waals surface area contributed by atoms with Crippen molar-refractivity contribution in [2.24, 2.45) is 0 Å². The minimum atomic E-state index is -0.523. The van der Waals surface area contributed by atoms with Crippen molar-refractivity contribution in [1.82, 2.24) is 0 Å². The van der Waals surface area contributed by atoms with Gasteiger partial charge in [0.2, 0.25) is 0 Å². The predicted octanol–water partition coefficient (Wildman–Crippen LogP) is 4.91. The van der Waals surface area contributed by atoms with Crippen molar-refractivity contribution in [1.29, 1.82) is 0 Å². The summed E-state index contributed by atoms with van der Waals surface area (Å²) in [6, 6.07) is 10.3. The van der Waals surface area contributed by atoms with E-state index in [0.29, 0.717) is 34.3 Å². The molecule has 0 amide bonds. The van der Waals surface area contributed by atoms with Crippen LogP contribution in [0.2, 0.25) is 5.02 Å². The lowest BCUT2D eigenvalue weighted by molar-refractivity contribution is 0.0877. The average molecular weight is 327 g/mol. The number of aryl methyl sites for hydroxylation is 1. The van der Waals surface area contributed by atoms with E-state index in [-0.39, 0.29) is 11.9 Å². The van der Waals surface area contributed by atoms with E-state index in [0.717, 1.165) is 0 Å². The van der Waals surface area contributed by atoms with E-state index in [1.54, 1.807) is 13.0 Å². The molecule has 2 aromatic rings. The second-order valence-corrected chi connectivity index (χ2v) is 5.82. The first-order valence-corrected chi connectivity index (χ1v) is 7.36. The fraction of sp³-hybridized carbons (Fsp3) is 0.250. The molecule has 2 atom stereocenters. The van der Waals surface area contributed by atoms with Crippen LogP contribution in [0.15, 0.2) is 36.4 Å². The predicted molar refractivity (Wildman–Crippen MR) is 81.1 cm³/mol. The number of ether oxygens (including phenoxy) is 2. The first-order chi connectivity index (χ1) is 10.1. The Morgan fingerprint density at radius 1 is 1.24 bits per heavy atom. The number of hydrogen-bond acceptors (Lipinski definition) is 2. The summed E-state index contributed by atoms with van der Waals surface area (Å²) in [6.07, 6.45) is -0.385. The summed E-state index contributed by atoms with van der Waals surface area (Å²) in [4.78, 5) is 0. The summed E-state index contributed by atoms with van der Waals surface area (Å²) in [5.41, 5.74) is 1.14. The van der Waals surface area contributed by atoms with Gasteiger partial charge in [-0.3, -0.25) is 0 Å². The molecule has 0 radical (unpaired) electrons. The van der Waals surface area contributed by atoms with Crippen LogP contribution in [0.4, 0.5) is 4.39 Å². The number of fused-ring (bicyclic) bond motifs is 1. The molecule has 3 rings (SSSR count). The highest BCUT2D eigenvalue weighted by molar-refractivity contribution is 6.32. The van der Waals surface area contributed by atoms with Crippen LogP contribution < -0.4 is 9.47 Å². The molecule has 0 fully saturated rings. The second-order valence-electron chi connectivity index (χ2n) is 4.94. The van der Waals surface area contributed by atoms with Gasteiger partial charge >= 0.3 is 0 Å². The van der Waals surface area contributed by atoms with Crippen LogP contribution in [0.1, 0.15) is 16.5 Å². The van der Waals surface area contributed by atoms with Crippen LogP contribution in [0.5, 0.6) is 11.5 Å². The van der Waals surface area contributed by atoms with Gasteiger partial charge in [0.15, 0.2) is 17.6 Å². The molecule has 0 bridgehead atoms. The highest BCUT2D eigenvalue weighted by atomic mass is 35.5. The van der Waals surface area contributed by atoms with E-state index in [2.05, 4.69) is 0 Å². The van der Waals surface area contributed by atoms with Gasteiger partial charge in [0, 0.05) is 5.02 Å². The summed E-state index contributed by atoms with van der Waals surface area (Å²) in [5.74, 6) is 0.993. The zero-order chi connectivity index (χ0) is 15.0. The molecule has 5 heteroatoms. The van der Waals surface area contributed by atoms with Gasteiger partial charge in [0.1, 0.15) is 17.8 Å². The lowest BCUT2D eigenvalue weighted by Crippen LogP contribution is -2.33. The van der Waals surface area contributed by atoms with E-state index in [1.165, 1.54) is 6.07 Å². The number of para-hydroxylation sites is 2. The number of halogens is 3. The summed E-state index contributed by atoms with van der Waals surface area (Å²) < 4.78 is 25.0. The smallest absolute Gasteiger partial charge is 0.161 e. The van der Waals surface area contributed by atoms with Gasteiger partial charge in [-0.2, -0.15) is 0 Å². The number of rotatable bonds is 2. The molecule has 0 saturated heterocycles. The Morgan fingerprint density at radius 3 is 2.71 bits per heavy atom. The molecule has 0 saturated carbocycles. The van der Waals surface area contributed by atoms with Crippen LogP contribution in [0.3, 0.4) is 0 Å². The van der Waals surface area contributed by atoms with Crippen LogP contribution in [0.25, 0.3) is 0 Å². The van der Waals surface area contributed by atoms with Gasteiger partial charge < -0.3 is 9.47 Å². The molecule has 1 aliphatic heterocycles. The van der Waals surface area contributed by atoms with Gasteiger partial charge in [-0.25, -0.2) is 4.39 Å². The SMILES string of the molecule is Cc1cc(C(Cl)C2COc3ccccc3O2)c(Cl)cc1F. The fourth-order valence-corrected chi connectivity index (χ4v) is 2.90. The monoisotopic (exact) mass is 326 g/mol. The summed E-state index contributed by atoms with van der Waals surface area (Å²) >= 11 is 12.6. The third-order valence-corrected chi connectivity index (χ3v) is 4.28. The Bertz CT molecular complexity index is 675. The highest BCUT2D eigenvalue weighted by Gasteiger charge is 2.30. The Labute approximate surface area is 132 Å². The Hall–Kier alpha value is -1.45. The topological polar surface area (TPSA) is 18.5 Å². The third-order valence-electron chi connectivity index (χ3n) is 3.43. The van der Waals surface area contributed by atoms with Gasteiger partial charge in [-0.05, 0) is 36.2 Å². The molecule has 0 N–H and O–H groups in total. The van der Waals surface area contributed by atoms with E-state index in [1.807, 2.05) is 24.3 Å². The Morgan fingerprint density at radius 2 is 1.95 bits per heavy atom. The Kier molecular flexibility index (Phi) is 3.96. The Balaban J connectivity index is 1.87. The maximum Gasteiger partial charge on any atom is 0.161 e. The van der Waals surface area contributed by atoms with Crippen molar-refractivity contribution in [3.63, 3.8) is 0 Å². The minimum absolute atomic E-state index is 0.292. The van der Waals surface area contributed by atoms with E-state index in [4.69, 9.17) is 32.7 Å². The summed E-state index contributed by atoms with van der Waals surface area (Å²) in [7, 11) is 0. The molecule has 2 aromatic carbocycles. The minimum Gasteiger partial charge on any atom is -0.486 e. The van der Waals surface area contributed by atoms with Crippen LogP contribution >= 0.6 is 23.2 Å². The van der Waals surface area contributed by atoms with Crippen LogP contribution in [-0.2, 0) is 0 Å². The molecular weight excluding hydrogens is 314 g/mol. The van der Waals surface area contributed by atoms with Gasteiger partial charge in [-0.15, -0.1) is 11.6 Å². The van der Waals surface area contributed by atoms with Crippen molar-refractivity contribution in [2.45, 2.75) is 18.4 Å².